The third-order valence-corrected chi connectivity index (χ3v) is 4.16. The maximum Gasteiger partial charge on any atom is 0.164 e. The van der Waals surface area contributed by atoms with Crippen LogP contribution in [-0.4, -0.2) is 21.3 Å². The first-order valence-corrected chi connectivity index (χ1v) is 7.88. The molecular formula is C20H26O3. The molecule has 0 aliphatic carbocycles. The number of benzene rings is 2. The Labute approximate surface area is 139 Å². The van der Waals surface area contributed by atoms with Gasteiger partial charge < -0.3 is 14.2 Å². The Morgan fingerprint density at radius 1 is 0.783 bits per heavy atom. The number of aryl methyl sites for hydroxylation is 1. The fourth-order valence-corrected chi connectivity index (χ4v) is 3.14. The van der Waals surface area contributed by atoms with E-state index < -0.39 is 0 Å². The Morgan fingerprint density at radius 3 is 2.04 bits per heavy atom. The van der Waals surface area contributed by atoms with Crippen LogP contribution in [0, 0.1) is 12.8 Å². The lowest BCUT2D eigenvalue weighted by atomic mass is 9.81. The van der Waals surface area contributed by atoms with E-state index in [1.165, 1.54) is 11.1 Å². The first kappa shape index (κ1) is 17.2. The molecule has 0 spiro atoms. The van der Waals surface area contributed by atoms with Gasteiger partial charge in [0.05, 0.1) is 21.3 Å². The van der Waals surface area contributed by atoms with Crippen molar-refractivity contribution in [2.45, 2.75) is 26.7 Å². The summed E-state index contributed by atoms with van der Waals surface area (Å²) >= 11 is 0. The second-order valence-corrected chi connectivity index (χ2v) is 6.05. The lowest BCUT2D eigenvalue weighted by molar-refractivity contribution is 0.346. The Morgan fingerprint density at radius 2 is 1.48 bits per heavy atom. The maximum absolute atomic E-state index is 5.66. The van der Waals surface area contributed by atoms with Gasteiger partial charge in [-0.1, -0.05) is 43.7 Å². The van der Waals surface area contributed by atoms with Gasteiger partial charge in [-0.2, -0.15) is 0 Å². The molecule has 0 aromatic heterocycles. The van der Waals surface area contributed by atoms with Gasteiger partial charge in [-0.15, -0.1) is 0 Å². The Hall–Kier alpha value is -2.16. The smallest absolute Gasteiger partial charge is 0.164 e. The minimum absolute atomic E-state index is 0.162. The largest absolute Gasteiger partial charge is 0.496 e. The van der Waals surface area contributed by atoms with E-state index >= 15 is 0 Å². The first-order valence-electron chi connectivity index (χ1n) is 7.88. The highest BCUT2D eigenvalue weighted by Crippen LogP contribution is 2.44. The molecule has 3 heteroatoms. The molecule has 0 aliphatic rings. The first-order chi connectivity index (χ1) is 11.0. The van der Waals surface area contributed by atoms with Gasteiger partial charge in [-0.05, 0) is 25.0 Å². The fourth-order valence-electron chi connectivity index (χ4n) is 3.14. The van der Waals surface area contributed by atoms with Crippen LogP contribution in [0.15, 0.2) is 36.4 Å². The molecule has 0 bridgehead atoms. The summed E-state index contributed by atoms with van der Waals surface area (Å²) in [5.74, 6) is 2.99. The minimum Gasteiger partial charge on any atom is -0.496 e. The third kappa shape index (κ3) is 3.44. The molecule has 2 aromatic carbocycles. The van der Waals surface area contributed by atoms with Crippen molar-refractivity contribution in [2.75, 3.05) is 21.3 Å². The summed E-state index contributed by atoms with van der Waals surface area (Å²) in [6, 6.07) is 12.3. The number of methoxy groups -OCH3 is 3. The summed E-state index contributed by atoms with van der Waals surface area (Å²) in [4.78, 5) is 0. The van der Waals surface area contributed by atoms with Crippen molar-refractivity contribution in [1.82, 2.24) is 0 Å². The lowest BCUT2D eigenvalue weighted by Crippen LogP contribution is -2.12. The highest BCUT2D eigenvalue weighted by molar-refractivity contribution is 5.54. The van der Waals surface area contributed by atoms with Crippen molar-refractivity contribution < 1.29 is 14.2 Å². The highest BCUT2D eigenvalue weighted by atomic mass is 16.5. The zero-order chi connectivity index (χ0) is 17.0. The number of rotatable bonds is 6. The molecule has 124 valence electrons. The van der Waals surface area contributed by atoms with Crippen molar-refractivity contribution in [3.05, 3.63) is 53.1 Å². The van der Waals surface area contributed by atoms with E-state index in [1.807, 2.05) is 18.2 Å². The minimum atomic E-state index is 0.162. The van der Waals surface area contributed by atoms with Gasteiger partial charge in [0.25, 0.3) is 0 Å². The zero-order valence-corrected chi connectivity index (χ0v) is 14.8. The maximum atomic E-state index is 5.66. The number of para-hydroxylation sites is 1. The van der Waals surface area contributed by atoms with Crippen molar-refractivity contribution in [3.63, 3.8) is 0 Å². The van der Waals surface area contributed by atoms with Crippen LogP contribution in [0.2, 0.25) is 0 Å². The van der Waals surface area contributed by atoms with Gasteiger partial charge in [-0.3, -0.25) is 0 Å². The molecule has 0 heterocycles. The molecule has 1 atom stereocenters. The predicted molar refractivity (Wildman–Crippen MR) is 94.0 cm³/mol. The predicted octanol–water partition coefficient (Wildman–Crippen LogP) is 4.81. The molecule has 2 aromatic rings. The fraction of sp³-hybridized carbons (Fsp3) is 0.400. The van der Waals surface area contributed by atoms with Gasteiger partial charge in [0.15, 0.2) is 11.5 Å². The summed E-state index contributed by atoms with van der Waals surface area (Å²) in [5.41, 5.74) is 3.51. The molecule has 0 N–H and O–H groups in total. The molecular weight excluding hydrogens is 288 g/mol. The van der Waals surface area contributed by atoms with Crippen molar-refractivity contribution in [1.29, 1.82) is 0 Å². The number of hydrogen-bond acceptors (Lipinski definition) is 3. The molecule has 1 unspecified atom stereocenters. The Kier molecular flexibility index (Phi) is 5.54. The van der Waals surface area contributed by atoms with E-state index in [4.69, 9.17) is 14.2 Å². The molecule has 0 radical (unpaired) electrons. The Bertz CT molecular complexity index is 662. The Balaban J connectivity index is 2.68. The van der Waals surface area contributed by atoms with Crippen molar-refractivity contribution >= 4 is 0 Å². The van der Waals surface area contributed by atoms with Gasteiger partial charge in [0.2, 0.25) is 0 Å². The van der Waals surface area contributed by atoms with E-state index in [-0.39, 0.29) is 5.92 Å². The van der Waals surface area contributed by atoms with Crippen molar-refractivity contribution in [3.8, 4) is 17.2 Å². The molecule has 0 amide bonds. The summed E-state index contributed by atoms with van der Waals surface area (Å²) in [6.07, 6.45) is 0. The van der Waals surface area contributed by atoms with Crippen LogP contribution in [0.3, 0.4) is 0 Å². The van der Waals surface area contributed by atoms with Crippen LogP contribution in [0.5, 0.6) is 17.2 Å². The molecule has 0 saturated heterocycles. The van der Waals surface area contributed by atoms with E-state index in [0.717, 1.165) is 22.8 Å². The molecule has 23 heavy (non-hydrogen) atoms. The van der Waals surface area contributed by atoms with Crippen LogP contribution in [0.1, 0.15) is 36.5 Å². The number of ether oxygens (including phenoxy) is 3. The zero-order valence-electron chi connectivity index (χ0n) is 14.8. The summed E-state index contributed by atoms with van der Waals surface area (Å²) < 4.78 is 16.7. The van der Waals surface area contributed by atoms with Gasteiger partial charge in [0.1, 0.15) is 5.75 Å². The van der Waals surface area contributed by atoms with Crippen LogP contribution in [0.25, 0.3) is 0 Å². The molecule has 3 nitrogen and oxygen atoms in total. The van der Waals surface area contributed by atoms with Crippen LogP contribution in [0.4, 0.5) is 0 Å². The highest BCUT2D eigenvalue weighted by Gasteiger charge is 2.26. The quantitative estimate of drug-likeness (QED) is 0.766. The summed E-state index contributed by atoms with van der Waals surface area (Å²) in [5, 5.41) is 0. The summed E-state index contributed by atoms with van der Waals surface area (Å²) in [7, 11) is 5.07. The van der Waals surface area contributed by atoms with E-state index in [2.05, 4.69) is 39.0 Å². The van der Waals surface area contributed by atoms with E-state index in [1.54, 1.807) is 21.3 Å². The molecule has 0 fully saturated rings. The second-order valence-electron chi connectivity index (χ2n) is 6.05. The molecule has 2 rings (SSSR count). The standard InChI is InChI=1S/C20H26O3/c1-13(2)19(16-12-14(3)10-11-17(16)21-4)15-8-7-9-18(22-5)20(15)23-6/h7-13,19H,1-6H3. The van der Waals surface area contributed by atoms with Crippen molar-refractivity contribution in [2.24, 2.45) is 5.92 Å². The van der Waals surface area contributed by atoms with Crippen LogP contribution in [-0.2, 0) is 0 Å². The monoisotopic (exact) mass is 314 g/mol. The number of hydrogen-bond donors (Lipinski definition) is 0. The lowest BCUT2D eigenvalue weighted by Gasteiger charge is -2.26. The topological polar surface area (TPSA) is 27.7 Å². The molecule has 0 aliphatic heterocycles. The van der Waals surface area contributed by atoms with Crippen LogP contribution < -0.4 is 14.2 Å². The van der Waals surface area contributed by atoms with Gasteiger partial charge in [-0.25, -0.2) is 0 Å². The average molecular weight is 314 g/mol. The third-order valence-electron chi connectivity index (χ3n) is 4.16. The van der Waals surface area contributed by atoms with Gasteiger partial charge >= 0.3 is 0 Å². The van der Waals surface area contributed by atoms with E-state index in [9.17, 15) is 0 Å². The van der Waals surface area contributed by atoms with E-state index in [0.29, 0.717) is 5.92 Å². The van der Waals surface area contributed by atoms with Gasteiger partial charge in [0, 0.05) is 17.0 Å². The summed E-state index contributed by atoms with van der Waals surface area (Å²) in [6.45, 7) is 6.53. The molecule has 0 saturated carbocycles. The SMILES string of the molecule is COc1ccc(C)cc1C(c1cccc(OC)c1OC)C(C)C. The van der Waals surface area contributed by atoms with Crippen LogP contribution >= 0.6 is 0 Å². The average Bonchev–Trinajstić information content (AvgIpc) is 2.54. The normalized spacial score (nSPS) is 12.1. The second kappa shape index (κ2) is 7.40.